The molecule has 8 nitrogen and oxygen atoms in total. The molecule has 2 aromatic heterocycles. The molecule has 0 aromatic carbocycles. The second kappa shape index (κ2) is 8.38. The van der Waals surface area contributed by atoms with Crippen molar-refractivity contribution in [3.63, 3.8) is 0 Å². The fraction of sp³-hybridized carbons (Fsp3) is 0.353. The molecule has 13 heteroatoms. The summed E-state index contributed by atoms with van der Waals surface area (Å²) in [5, 5.41) is 11.7. The van der Waals surface area contributed by atoms with E-state index in [0.29, 0.717) is 11.3 Å². The van der Waals surface area contributed by atoms with Gasteiger partial charge in [-0.2, -0.15) is 13.2 Å². The van der Waals surface area contributed by atoms with Gasteiger partial charge in [0, 0.05) is 36.1 Å². The molecule has 3 rings (SSSR count). The number of carbonyl (C=O) groups is 2. The predicted molar refractivity (Wildman–Crippen MR) is 95.2 cm³/mol. The Balaban J connectivity index is 1.73. The van der Waals surface area contributed by atoms with E-state index in [2.05, 4.69) is 20.3 Å². The monoisotopic (exact) mass is 447 g/mol. The Kier molecular flexibility index (Phi) is 6.06. The summed E-state index contributed by atoms with van der Waals surface area (Å²) in [6, 6.07) is 0.267. The molecule has 160 valence electrons. The highest BCUT2D eigenvalue weighted by atomic mass is 35.5. The van der Waals surface area contributed by atoms with Gasteiger partial charge in [-0.25, -0.2) is 19.2 Å². The maximum atomic E-state index is 13.5. The maximum absolute atomic E-state index is 13.5. The largest absolute Gasteiger partial charge is 0.465 e. The third-order valence-electron chi connectivity index (χ3n) is 4.37. The molecule has 0 unspecified atom stereocenters. The summed E-state index contributed by atoms with van der Waals surface area (Å²) < 4.78 is 51.3. The van der Waals surface area contributed by atoms with E-state index in [9.17, 15) is 27.2 Å². The van der Waals surface area contributed by atoms with Crippen LogP contribution < -0.4 is 5.32 Å². The zero-order valence-corrected chi connectivity index (χ0v) is 15.8. The summed E-state index contributed by atoms with van der Waals surface area (Å²) in [4.78, 5) is 34.7. The molecule has 2 N–H and O–H groups in total. The molecular formula is C17H14ClF4N5O3. The number of halogens is 5. The van der Waals surface area contributed by atoms with Crippen LogP contribution in [0, 0.1) is 0 Å². The van der Waals surface area contributed by atoms with Gasteiger partial charge < -0.3 is 10.4 Å². The molecule has 2 atom stereocenters. The highest BCUT2D eigenvalue weighted by molar-refractivity contribution is 6.33. The van der Waals surface area contributed by atoms with Crippen LogP contribution in [0.4, 0.5) is 22.4 Å². The number of hydrogen-bond acceptors (Lipinski definition) is 5. The summed E-state index contributed by atoms with van der Waals surface area (Å²) in [7, 11) is 0. The first-order chi connectivity index (χ1) is 14.1. The normalized spacial score (nSPS) is 19.0. The first-order valence-corrected chi connectivity index (χ1v) is 8.89. The van der Waals surface area contributed by atoms with Crippen molar-refractivity contribution in [2.45, 2.75) is 31.4 Å². The van der Waals surface area contributed by atoms with Crippen LogP contribution >= 0.6 is 11.6 Å². The Hall–Kier alpha value is -3.02. The summed E-state index contributed by atoms with van der Waals surface area (Å²) in [6.07, 6.45) is -4.60. The fourth-order valence-electron chi connectivity index (χ4n) is 2.95. The Labute approximate surface area is 171 Å². The molecule has 0 bridgehead atoms. The van der Waals surface area contributed by atoms with Crippen LogP contribution in [0.3, 0.4) is 0 Å². The van der Waals surface area contributed by atoms with Crippen molar-refractivity contribution in [1.82, 2.24) is 25.2 Å². The van der Waals surface area contributed by atoms with Crippen molar-refractivity contribution in [1.29, 1.82) is 0 Å². The molecule has 1 aliphatic rings. The SMILES string of the molecule is O=C(NCc1cc(-c2cnc(C(F)(F)F)nc2)c(Cl)cn1)[C@@H]1C[C@@H](F)CN1C(=O)O. The van der Waals surface area contributed by atoms with E-state index in [1.807, 2.05) is 0 Å². The van der Waals surface area contributed by atoms with Crippen LogP contribution in [0.1, 0.15) is 17.9 Å². The zero-order valence-electron chi connectivity index (χ0n) is 15.0. The van der Waals surface area contributed by atoms with Gasteiger partial charge in [0.25, 0.3) is 0 Å². The van der Waals surface area contributed by atoms with Crippen LogP contribution in [0.15, 0.2) is 24.7 Å². The number of likely N-dealkylation sites (tertiary alicyclic amines) is 1. The third kappa shape index (κ3) is 4.75. The highest BCUT2D eigenvalue weighted by Crippen LogP contribution is 2.30. The first-order valence-electron chi connectivity index (χ1n) is 8.51. The van der Waals surface area contributed by atoms with Gasteiger partial charge >= 0.3 is 12.3 Å². The molecule has 0 radical (unpaired) electrons. The van der Waals surface area contributed by atoms with Crippen LogP contribution in [-0.2, 0) is 17.5 Å². The summed E-state index contributed by atoms with van der Waals surface area (Å²) in [5.41, 5.74) is 0.789. The Bertz CT molecular complexity index is 957. The zero-order chi connectivity index (χ0) is 22.1. The van der Waals surface area contributed by atoms with Crippen LogP contribution in [0.2, 0.25) is 5.02 Å². The Morgan fingerprint density at radius 2 is 1.90 bits per heavy atom. The van der Waals surface area contributed by atoms with Crippen molar-refractivity contribution < 1.29 is 32.3 Å². The van der Waals surface area contributed by atoms with Gasteiger partial charge in [0.05, 0.1) is 23.8 Å². The fourth-order valence-corrected chi connectivity index (χ4v) is 3.17. The number of carboxylic acid groups (broad SMARTS) is 1. The number of rotatable bonds is 4. The van der Waals surface area contributed by atoms with Gasteiger partial charge in [-0.15, -0.1) is 0 Å². The van der Waals surface area contributed by atoms with Gasteiger partial charge in [-0.05, 0) is 6.07 Å². The number of alkyl halides is 4. The molecule has 1 aliphatic heterocycles. The van der Waals surface area contributed by atoms with Crippen molar-refractivity contribution >= 4 is 23.6 Å². The molecule has 3 heterocycles. The summed E-state index contributed by atoms with van der Waals surface area (Å²) in [6.45, 7) is -0.518. The lowest BCUT2D eigenvalue weighted by molar-refractivity contribution is -0.145. The lowest BCUT2D eigenvalue weighted by atomic mass is 10.1. The smallest absolute Gasteiger partial charge is 0.451 e. The molecule has 0 saturated carbocycles. The Morgan fingerprint density at radius 1 is 1.23 bits per heavy atom. The number of carbonyl (C=O) groups excluding carboxylic acids is 1. The molecular weight excluding hydrogens is 434 g/mol. The number of hydrogen-bond donors (Lipinski definition) is 2. The molecule has 30 heavy (non-hydrogen) atoms. The number of amides is 2. The van der Waals surface area contributed by atoms with E-state index in [0.717, 1.165) is 17.3 Å². The molecule has 2 aromatic rings. The van der Waals surface area contributed by atoms with E-state index in [-0.39, 0.29) is 30.1 Å². The second-order valence-corrected chi connectivity index (χ2v) is 6.86. The van der Waals surface area contributed by atoms with E-state index in [4.69, 9.17) is 16.7 Å². The molecule has 0 spiro atoms. The highest BCUT2D eigenvalue weighted by Gasteiger charge is 2.39. The van der Waals surface area contributed by atoms with Gasteiger partial charge in [0.2, 0.25) is 11.7 Å². The molecule has 2 amide bonds. The number of nitrogens with one attached hydrogen (secondary N) is 1. The number of pyridine rings is 1. The second-order valence-electron chi connectivity index (χ2n) is 6.45. The number of aromatic nitrogens is 3. The third-order valence-corrected chi connectivity index (χ3v) is 4.67. The van der Waals surface area contributed by atoms with Gasteiger partial charge in [0.15, 0.2) is 0 Å². The topological polar surface area (TPSA) is 108 Å². The molecule has 0 aliphatic carbocycles. The minimum Gasteiger partial charge on any atom is -0.465 e. The number of nitrogens with zero attached hydrogens (tertiary/aromatic N) is 4. The van der Waals surface area contributed by atoms with Gasteiger partial charge in [-0.1, -0.05) is 11.6 Å². The quantitative estimate of drug-likeness (QED) is 0.698. The van der Waals surface area contributed by atoms with Crippen LogP contribution in [0.25, 0.3) is 11.1 Å². The van der Waals surface area contributed by atoms with E-state index in [1.54, 1.807) is 0 Å². The standard InChI is InChI=1S/C17H14ClF4N5O3/c18-12-6-23-10(2-11(12)8-3-25-15(26-4-8)17(20,21)22)5-24-14(28)13-1-9(19)7-27(13)16(29)30/h2-4,6,9,13H,1,5,7H2,(H,24,28)(H,29,30)/t9-,13+/m1/s1. The summed E-state index contributed by atoms with van der Waals surface area (Å²) in [5.74, 6) is -1.98. The minimum absolute atomic E-state index is 0.126. The van der Waals surface area contributed by atoms with E-state index >= 15 is 0 Å². The maximum Gasteiger partial charge on any atom is 0.451 e. The van der Waals surface area contributed by atoms with Crippen LogP contribution in [0.5, 0.6) is 0 Å². The van der Waals surface area contributed by atoms with Crippen LogP contribution in [-0.4, -0.2) is 55.7 Å². The van der Waals surface area contributed by atoms with E-state index < -0.39 is 36.2 Å². The molecule has 1 saturated heterocycles. The average molecular weight is 448 g/mol. The first kappa shape index (κ1) is 21.7. The Morgan fingerprint density at radius 3 is 2.50 bits per heavy atom. The van der Waals surface area contributed by atoms with Gasteiger partial charge in [0.1, 0.15) is 12.2 Å². The van der Waals surface area contributed by atoms with Crippen molar-refractivity contribution in [3.8, 4) is 11.1 Å². The predicted octanol–water partition coefficient (Wildman–Crippen LogP) is 2.92. The molecule has 1 fully saturated rings. The lowest BCUT2D eigenvalue weighted by Crippen LogP contribution is -2.45. The van der Waals surface area contributed by atoms with E-state index in [1.165, 1.54) is 12.3 Å². The van der Waals surface area contributed by atoms with Gasteiger partial charge in [-0.3, -0.25) is 14.7 Å². The minimum atomic E-state index is -4.68. The summed E-state index contributed by atoms with van der Waals surface area (Å²) >= 11 is 6.06. The lowest BCUT2D eigenvalue weighted by Gasteiger charge is -2.20. The van der Waals surface area contributed by atoms with Crippen molar-refractivity contribution in [3.05, 3.63) is 41.2 Å². The van der Waals surface area contributed by atoms with Crippen molar-refractivity contribution in [2.75, 3.05) is 6.54 Å². The average Bonchev–Trinajstić information content (AvgIpc) is 3.09. The van der Waals surface area contributed by atoms with Crippen molar-refractivity contribution in [2.24, 2.45) is 0 Å².